The van der Waals surface area contributed by atoms with E-state index in [1.165, 1.54) is 25.3 Å². The van der Waals surface area contributed by atoms with E-state index in [2.05, 4.69) is 16.0 Å². The zero-order valence-corrected chi connectivity index (χ0v) is 22.3. The van der Waals surface area contributed by atoms with Crippen molar-refractivity contribution in [3.63, 3.8) is 0 Å². The van der Waals surface area contributed by atoms with Crippen molar-refractivity contribution in [2.75, 3.05) is 0 Å². The number of hydrogen-bond acceptors (Lipinski definition) is 6. The molecule has 0 saturated carbocycles. The van der Waals surface area contributed by atoms with Crippen LogP contribution < -0.4 is 16.0 Å². The molecule has 4 N–H and O–H groups in total. The van der Waals surface area contributed by atoms with Crippen LogP contribution in [0.5, 0.6) is 5.75 Å². The SMILES string of the molecule is CC(=O)NC(Cc1ccccc1)C(=O)NC(Cc1ccc(O)cc1)C(=O)NC(CC(C)C)C(=O)c1ccco1. The molecule has 3 atom stereocenters. The summed E-state index contributed by atoms with van der Waals surface area (Å²) in [5.74, 6) is -1.54. The van der Waals surface area contributed by atoms with Crippen molar-refractivity contribution in [2.45, 2.75) is 58.2 Å². The van der Waals surface area contributed by atoms with Crippen LogP contribution >= 0.6 is 0 Å². The Morgan fingerprint density at radius 2 is 1.31 bits per heavy atom. The first-order valence-corrected chi connectivity index (χ1v) is 12.9. The Bertz CT molecular complexity index is 1240. The Kier molecular flexibility index (Phi) is 10.4. The molecule has 0 bridgehead atoms. The molecule has 0 fully saturated rings. The second-order valence-electron chi connectivity index (χ2n) is 9.91. The standard InChI is InChI=1S/C30H35N3O6/c1-19(2)16-24(28(36)27-10-7-15-39-27)32-30(38)26(18-22-11-13-23(35)14-12-22)33-29(37)25(31-20(3)34)17-21-8-5-4-6-9-21/h4-15,19,24-26,35H,16-18H2,1-3H3,(H,31,34)(H,32,38)(H,33,37). The van der Waals surface area contributed by atoms with Crippen molar-refractivity contribution >= 4 is 23.5 Å². The summed E-state index contributed by atoms with van der Waals surface area (Å²) in [5.41, 5.74) is 1.53. The topological polar surface area (TPSA) is 138 Å². The average Bonchev–Trinajstić information content (AvgIpc) is 3.43. The summed E-state index contributed by atoms with van der Waals surface area (Å²) in [6.07, 6.45) is 2.09. The Hall–Kier alpha value is -4.40. The van der Waals surface area contributed by atoms with Crippen molar-refractivity contribution in [3.05, 3.63) is 89.9 Å². The van der Waals surface area contributed by atoms with Gasteiger partial charge in [0.05, 0.1) is 12.3 Å². The van der Waals surface area contributed by atoms with E-state index in [-0.39, 0.29) is 42.0 Å². The summed E-state index contributed by atoms with van der Waals surface area (Å²) in [7, 11) is 0. The molecule has 0 radical (unpaired) electrons. The van der Waals surface area contributed by atoms with Gasteiger partial charge in [-0.2, -0.15) is 0 Å². The maximum Gasteiger partial charge on any atom is 0.243 e. The minimum atomic E-state index is -1.06. The second-order valence-corrected chi connectivity index (χ2v) is 9.91. The van der Waals surface area contributed by atoms with E-state index >= 15 is 0 Å². The van der Waals surface area contributed by atoms with Gasteiger partial charge < -0.3 is 25.5 Å². The summed E-state index contributed by atoms with van der Waals surface area (Å²) >= 11 is 0. The number of phenols is 1. The molecule has 0 aliphatic carbocycles. The number of furan rings is 1. The van der Waals surface area contributed by atoms with Gasteiger partial charge in [-0.05, 0) is 47.7 Å². The zero-order chi connectivity index (χ0) is 28.4. The number of phenolic OH excluding ortho intramolecular Hbond substituents is 1. The fraction of sp³-hybridized carbons (Fsp3) is 0.333. The van der Waals surface area contributed by atoms with E-state index in [1.54, 1.807) is 24.3 Å². The normalized spacial score (nSPS) is 13.2. The molecule has 9 heteroatoms. The van der Waals surface area contributed by atoms with Crippen LogP contribution in [0.1, 0.15) is 48.9 Å². The van der Waals surface area contributed by atoms with E-state index in [9.17, 15) is 24.3 Å². The van der Waals surface area contributed by atoms with Gasteiger partial charge in [-0.1, -0.05) is 56.3 Å². The molecular weight excluding hydrogens is 498 g/mol. The lowest BCUT2D eigenvalue weighted by Crippen LogP contribution is -2.56. The van der Waals surface area contributed by atoms with E-state index in [0.29, 0.717) is 12.0 Å². The fourth-order valence-corrected chi connectivity index (χ4v) is 4.22. The number of rotatable bonds is 13. The molecule has 206 valence electrons. The quantitative estimate of drug-likeness (QED) is 0.249. The fourth-order valence-electron chi connectivity index (χ4n) is 4.22. The second kappa shape index (κ2) is 13.9. The van der Waals surface area contributed by atoms with Gasteiger partial charge in [0, 0.05) is 19.8 Å². The largest absolute Gasteiger partial charge is 0.508 e. The van der Waals surface area contributed by atoms with E-state index in [1.807, 2.05) is 44.2 Å². The van der Waals surface area contributed by atoms with Crippen LogP contribution in [0.3, 0.4) is 0 Å². The van der Waals surface area contributed by atoms with E-state index in [4.69, 9.17) is 4.42 Å². The minimum absolute atomic E-state index is 0.0680. The first kappa shape index (κ1) is 29.2. The highest BCUT2D eigenvalue weighted by Crippen LogP contribution is 2.15. The molecular formula is C30H35N3O6. The molecule has 9 nitrogen and oxygen atoms in total. The first-order chi connectivity index (χ1) is 18.6. The van der Waals surface area contributed by atoms with Crippen LogP contribution in [-0.2, 0) is 27.2 Å². The predicted octanol–water partition coefficient (Wildman–Crippen LogP) is 3.17. The number of aromatic hydroxyl groups is 1. The predicted molar refractivity (Wildman–Crippen MR) is 146 cm³/mol. The smallest absolute Gasteiger partial charge is 0.243 e. The molecule has 0 spiro atoms. The molecule has 2 aromatic carbocycles. The number of carbonyl (C=O) groups is 4. The van der Waals surface area contributed by atoms with Crippen LogP contribution in [0.4, 0.5) is 0 Å². The minimum Gasteiger partial charge on any atom is -0.508 e. The van der Waals surface area contributed by atoms with Crippen LogP contribution in [0, 0.1) is 5.92 Å². The summed E-state index contributed by atoms with van der Waals surface area (Å²) in [5, 5.41) is 17.9. The Morgan fingerprint density at radius 3 is 1.85 bits per heavy atom. The van der Waals surface area contributed by atoms with Crippen molar-refractivity contribution in [2.24, 2.45) is 5.92 Å². The van der Waals surface area contributed by atoms with Crippen molar-refractivity contribution in [1.82, 2.24) is 16.0 Å². The number of amides is 3. The lowest BCUT2D eigenvalue weighted by molar-refractivity contribution is -0.131. The highest BCUT2D eigenvalue weighted by molar-refractivity contribution is 6.01. The van der Waals surface area contributed by atoms with Crippen LogP contribution in [0.25, 0.3) is 0 Å². The number of carbonyl (C=O) groups excluding carboxylic acids is 4. The summed E-state index contributed by atoms with van der Waals surface area (Å²) in [4.78, 5) is 51.9. The van der Waals surface area contributed by atoms with Crippen LogP contribution in [0.15, 0.2) is 77.4 Å². The Labute approximate surface area is 228 Å². The lowest BCUT2D eigenvalue weighted by Gasteiger charge is -2.25. The molecule has 1 heterocycles. The van der Waals surface area contributed by atoms with E-state index < -0.39 is 29.9 Å². The first-order valence-electron chi connectivity index (χ1n) is 12.9. The molecule has 39 heavy (non-hydrogen) atoms. The van der Waals surface area contributed by atoms with Gasteiger partial charge in [0.1, 0.15) is 17.8 Å². The van der Waals surface area contributed by atoms with Gasteiger partial charge in [-0.15, -0.1) is 0 Å². The number of Topliss-reactive ketones (excluding diaryl/α,β-unsaturated/α-hetero) is 1. The van der Waals surface area contributed by atoms with Crippen molar-refractivity contribution in [3.8, 4) is 5.75 Å². The van der Waals surface area contributed by atoms with Gasteiger partial charge in [0.25, 0.3) is 0 Å². The average molecular weight is 534 g/mol. The van der Waals surface area contributed by atoms with E-state index in [0.717, 1.165) is 5.56 Å². The Balaban J connectivity index is 1.84. The third-order valence-electron chi connectivity index (χ3n) is 6.09. The van der Waals surface area contributed by atoms with Gasteiger partial charge in [0.2, 0.25) is 23.5 Å². The molecule has 0 aliphatic heterocycles. The maximum atomic E-state index is 13.6. The van der Waals surface area contributed by atoms with Gasteiger partial charge in [-0.25, -0.2) is 0 Å². The molecule has 0 aliphatic rings. The van der Waals surface area contributed by atoms with Crippen LogP contribution in [-0.4, -0.2) is 46.7 Å². The van der Waals surface area contributed by atoms with Gasteiger partial charge in [0.15, 0.2) is 5.76 Å². The zero-order valence-electron chi connectivity index (χ0n) is 22.3. The summed E-state index contributed by atoms with van der Waals surface area (Å²) < 4.78 is 5.26. The molecule has 1 aromatic heterocycles. The lowest BCUT2D eigenvalue weighted by atomic mass is 9.97. The number of nitrogens with one attached hydrogen (secondary N) is 3. The molecule has 3 unspecified atom stereocenters. The third kappa shape index (κ3) is 9.14. The van der Waals surface area contributed by atoms with Gasteiger partial charge in [-0.3, -0.25) is 19.2 Å². The monoisotopic (exact) mass is 533 g/mol. The molecule has 3 aromatic rings. The van der Waals surface area contributed by atoms with Crippen molar-refractivity contribution in [1.29, 1.82) is 0 Å². The molecule has 0 saturated heterocycles. The molecule has 3 amide bonds. The highest BCUT2D eigenvalue weighted by atomic mass is 16.3. The Morgan fingerprint density at radius 1 is 0.744 bits per heavy atom. The van der Waals surface area contributed by atoms with Crippen LogP contribution in [0.2, 0.25) is 0 Å². The molecule has 3 rings (SSSR count). The maximum absolute atomic E-state index is 13.6. The number of benzene rings is 2. The highest BCUT2D eigenvalue weighted by Gasteiger charge is 2.31. The number of hydrogen-bond donors (Lipinski definition) is 4. The third-order valence-corrected chi connectivity index (χ3v) is 6.09. The number of ketones is 1. The summed E-state index contributed by atoms with van der Waals surface area (Å²) in [6, 6.07) is 15.8. The van der Waals surface area contributed by atoms with Gasteiger partial charge >= 0.3 is 0 Å². The van der Waals surface area contributed by atoms with Crippen molar-refractivity contribution < 1.29 is 28.7 Å². The summed E-state index contributed by atoms with van der Waals surface area (Å²) in [6.45, 7) is 5.19.